The summed E-state index contributed by atoms with van der Waals surface area (Å²) in [5, 5.41) is 150. The van der Waals surface area contributed by atoms with Gasteiger partial charge in [-0.15, -0.1) is 25.5 Å². The van der Waals surface area contributed by atoms with Gasteiger partial charge >= 0.3 is 0 Å². The number of aliphatic hydroxyl groups is 13. The highest BCUT2D eigenvalue weighted by Crippen LogP contribution is 2.34. The third-order valence-electron chi connectivity index (χ3n) is 16.8. The lowest BCUT2D eigenvalue weighted by Crippen LogP contribution is -2.37. The van der Waals surface area contributed by atoms with E-state index in [0.717, 1.165) is 9.36 Å². The van der Waals surface area contributed by atoms with Gasteiger partial charge in [-0.05, 0) is 0 Å². The van der Waals surface area contributed by atoms with Gasteiger partial charge in [0.2, 0.25) is 29.1 Å². The number of carbonyl (C=O) groups excluding carboxylic acids is 4. The van der Waals surface area contributed by atoms with E-state index in [2.05, 4.69) is 66.0 Å². The number of aliphatic imine (C=N–C) groups is 1. The second-order valence-electron chi connectivity index (χ2n) is 24.5. The molecule has 10 heterocycles. The third kappa shape index (κ3) is 34.3. The van der Waals surface area contributed by atoms with Crippen molar-refractivity contribution in [2.24, 2.45) is 16.5 Å². The van der Waals surface area contributed by atoms with Crippen LogP contribution in [0.4, 0.5) is 0 Å². The Morgan fingerprint density at radius 2 is 0.650 bits per heavy atom. The van der Waals surface area contributed by atoms with Gasteiger partial charge in [0.15, 0.2) is 37.0 Å². The number of nitrogens with zero attached hydrogens (tertiary/aromatic N) is 17. The van der Waals surface area contributed by atoms with E-state index in [1.54, 1.807) is 7.11 Å². The van der Waals surface area contributed by atoms with Crippen molar-refractivity contribution >= 4 is 29.5 Å². The lowest BCUT2D eigenvalue weighted by molar-refractivity contribution is -0.0852. The van der Waals surface area contributed by atoms with Crippen LogP contribution in [0.5, 0.6) is 0 Å². The van der Waals surface area contributed by atoms with Crippen molar-refractivity contribution < 1.29 is 152 Å². The molecule has 5 fully saturated rings. The van der Waals surface area contributed by atoms with Crippen molar-refractivity contribution in [1.82, 2.24) is 89.4 Å². The minimum absolute atomic E-state index is 0.0442. The standard InChI is InChI=1S/2C14H24N4O7.C11H19N5O5.2C11H18N4O6.5C2H6/c1-23-5-3-17(4-6-24-2)13(22)12-15-8-18(16-12)14-11(21)10(20)9(7-19)25-14;1-22-4-3-15-13(21)12-16-8-18(17-12)14-11(24-6-5-23-2)10(20)9(7-19)25-14;1-20-3-2-13-9(12)10-14-5-16(15-10)11-8(19)7(18)6(4-17)21-11;1-19-2-3-20-8-7(17)6(4-16)21-11(8)15-5-13-10(14-15)9(12)18;1-20-3-2-12-10(19)9-13-5-15(14-9)11-8(18)7(17)6(4-16)21-11;5*1-2/h8-11,14,19-21H,3-7H2,1-2H3;8-11,14,19-20H,3-7H2,1-2H3,(H,15,21);5-8,11,17-19H,2-4H2,1H3,(H2,12,13);5-8,11,16-17H,2-4H2,1H3,(H2,12,18);5-8,11,16-18H,2-4H2,1H3,(H,12,19);5*1-2H3/t2*9-,10?,11+,14-;3*6-,7?,8+,11-;;;;;/m11111...../s1. The highest BCUT2D eigenvalue weighted by Gasteiger charge is 2.49. The molecule has 10 rings (SSSR count). The first kappa shape index (κ1) is 113. The van der Waals surface area contributed by atoms with Crippen LogP contribution in [0.25, 0.3) is 0 Å². The molecular formula is C71H133N21O31. The van der Waals surface area contributed by atoms with E-state index in [9.17, 15) is 70.2 Å². The molecule has 0 radical (unpaired) electrons. The Hall–Kier alpha value is -8.03. The maximum atomic E-state index is 12.5. The number of aliphatic hydroxyl groups excluding tert-OH is 13. The Morgan fingerprint density at radius 1 is 0.374 bits per heavy atom. The SMILES string of the molecule is CC.CC.CC.CC.CC.COCCN(CCOC)C(=O)c1ncn([C@@H]2O[C@H](CO)C(O)[C@@H]2O)n1.COCCN=C(N)c1ncn([C@@H]2O[C@H](CO)C(O)[C@@H]2O)n1.COCCNC(=O)c1ncn([C@@H]2O[C@H](CO)C(O)[C@@H]2O)n1.COCCNC(=O)c1ncn([C@@H]2O[C@H](CO)C(O)[C@@H]2OCCOC)n1.COCCO[C@H]1C(O)[C@@H](CO)O[C@H]1n1cnc(C(N)=O)n1. The molecule has 19 N–H and O–H groups in total. The van der Waals surface area contributed by atoms with Crippen molar-refractivity contribution in [2.45, 2.75) is 192 Å². The minimum Gasteiger partial charge on any atom is -0.394 e. The molecule has 0 saturated carbocycles. The molecule has 708 valence electrons. The van der Waals surface area contributed by atoms with E-state index in [0.29, 0.717) is 79.0 Å². The molecule has 0 aromatic carbocycles. The van der Waals surface area contributed by atoms with E-state index >= 15 is 0 Å². The Kier molecular flexibility index (Phi) is 58.6. The highest BCUT2D eigenvalue weighted by atomic mass is 16.6. The van der Waals surface area contributed by atoms with Crippen LogP contribution in [0.3, 0.4) is 0 Å². The second kappa shape index (κ2) is 63.8. The Labute approximate surface area is 712 Å². The number of hydrogen-bond acceptors (Lipinski definition) is 42. The quantitative estimate of drug-likeness (QED) is 0.00992. The lowest BCUT2D eigenvalue weighted by atomic mass is 10.1. The number of ether oxygens (including phenoxy) is 14. The van der Waals surface area contributed by atoms with Crippen molar-refractivity contribution in [3.63, 3.8) is 0 Å². The molecule has 5 saturated heterocycles. The summed E-state index contributed by atoms with van der Waals surface area (Å²) in [6.07, 6.45) is -13.7. The van der Waals surface area contributed by atoms with Crippen molar-refractivity contribution in [3.05, 3.63) is 60.8 Å². The van der Waals surface area contributed by atoms with Crippen LogP contribution in [0.2, 0.25) is 0 Å². The third-order valence-corrected chi connectivity index (χ3v) is 16.8. The summed E-state index contributed by atoms with van der Waals surface area (Å²) in [6.45, 7) is 22.7. The van der Waals surface area contributed by atoms with Gasteiger partial charge in [0.1, 0.15) is 123 Å². The van der Waals surface area contributed by atoms with Gasteiger partial charge in [-0.3, -0.25) is 24.2 Å². The van der Waals surface area contributed by atoms with Gasteiger partial charge in [-0.25, -0.2) is 48.3 Å². The predicted molar refractivity (Wildman–Crippen MR) is 427 cm³/mol. The summed E-state index contributed by atoms with van der Waals surface area (Å²) in [5.74, 6) is -2.20. The maximum Gasteiger partial charge on any atom is 0.293 e. The molecule has 52 nitrogen and oxygen atoms in total. The first-order valence-corrected chi connectivity index (χ1v) is 39.8. The topological polar surface area (TPSA) is 706 Å². The average Bonchev–Trinajstić information content (AvgIpc) is 1.69. The Balaban J connectivity index is 0.000000750. The fourth-order valence-corrected chi connectivity index (χ4v) is 10.8. The van der Waals surface area contributed by atoms with Crippen LogP contribution < -0.4 is 22.1 Å². The Morgan fingerprint density at radius 3 is 0.959 bits per heavy atom. The van der Waals surface area contributed by atoms with Crippen molar-refractivity contribution in [3.8, 4) is 0 Å². The monoisotopic (exact) mass is 1780 g/mol. The molecule has 0 spiro atoms. The van der Waals surface area contributed by atoms with Gasteiger partial charge in [0.05, 0.1) is 99.0 Å². The van der Waals surface area contributed by atoms with Crippen LogP contribution in [-0.2, 0) is 66.3 Å². The molecule has 5 aliphatic heterocycles. The number of aromatic nitrogens is 15. The summed E-state index contributed by atoms with van der Waals surface area (Å²) >= 11 is 0. The molecule has 0 aliphatic carbocycles. The number of hydrogen-bond donors (Lipinski definition) is 17. The summed E-state index contributed by atoms with van der Waals surface area (Å²) in [4.78, 5) is 72.1. The van der Waals surface area contributed by atoms with E-state index in [1.165, 1.54) is 93.2 Å². The van der Waals surface area contributed by atoms with Crippen molar-refractivity contribution in [2.75, 3.05) is 175 Å². The molecule has 20 atom stereocenters. The summed E-state index contributed by atoms with van der Waals surface area (Å²) in [7, 11) is 10.7. The molecule has 5 aliphatic rings. The number of nitrogens with one attached hydrogen (secondary N) is 2. The van der Waals surface area contributed by atoms with Crippen LogP contribution >= 0.6 is 0 Å². The van der Waals surface area contributed by atoms with Crippen LogP contribution in [0.15, 0.2) is 36.6 Å². The molecule has 5 unspecified atom stereocenters. The molecule has 123 heavy (non-hydrogen) atoms. The van der Waals surface area contributed by atoms with E-state index in [1.807, 2.05) is 69.2 Å². The highest BCUT2D eigenvalue weighted by molar-refractivity contribution is 5.94. The summed E-state index contributed by atoms with van der Waals surface area (Å²) < 4.78 is 78.4. The molecule has 0 bridgehead atoms. The second-order valence-corrected chi connectivity index (χ2v) is 24.5. The smallest absolute Gasteiger partial charge is 0.293 e. The number of amides is 4. The lowest BCUT2D eigenvalue weighted by Gasteiger charge is -2.20. The normalized spacial score (nSPS) is 25.8. The maximum absolute atomic E-state index is 12.5. The van der Waals surface area contributed by atoms with Gasteiger partial charge in [0, 0.05) is 75.9 Å². The van der Waals surface area contributed by atoms with Crippen LogP contribution in [0, 0.1) is 0 Å². The molecule has 52 heteroatoms. The Bertz CT molecular complexity index is 3600. The number of rotatable bonds is 38. The predicted octanol–water partition coefficient (Wildman–Crippen LogP) is -7.14. The fourth-order valence-electron chi connectivity index (χ4n) is 10.8. The molecule has 5 aromatic rings. The summed E-state index contributed by atoms with van der Waals surface area (Å²) in [5.41, 5.74) is 10.8. The van der Waals surface area contributed by atoms with Gasteiger partial charge in [0.25, 0.3) is 23.6 Å². The van der Waals surface area contributed by atoms with Crippen molar-refractivity contribution in [1.29, 1.82) is 0 Å². The number of amidine groups is 1. The molecular weight excluding hydrogens is 1640 g/mol. The average molecular weight is 1780 g/mol. The zero-order valence-electron chi connectivity index (χ0n) is 72.8. The molecule has 5 aromatic heterocycles. The van der Waals surface area contributed by atoms with E-state index < -0.39 is 166 Å². The van der Waals surface area contributed by atoms with E-state index in [-0.39, 0.29) is 61.4 Å². The number of methoxy groups -OCH3 is 7. The summed E-state index contributed by atoms with van der Waals surface area (Å²) in [6, 6.07) is 0. The first-order valence-electron chi connectivity index (χ1n) is 39.8. The number of carbonyl (C=O) groups is 4. The number of nitrogens with two attached hydrogens (primary N) is 2. The first-order chi connectivity index (χ1) is 59.4. The van der Waals surface area contributed by atoms with Crippen LogP contribution in [-0.4, -0.2) is 441 Å². The fraction of sp³-hybridized carbons (Fsp3) is 0.789. The molecule has 4 amide bonds. The van der Waals surface area contributed by atoms with E-state index in [4.69, 9.17) is 93.1 Å². The largest absolute Gasteiger partial charge is 0.394 e. The van der Waals surface area contributed by atoms with Gasteiger partial charge in [-0.1, -0.05) is 69.2 Å². The van der Waals surface area contributed by atoms with Crippen LogP contribution in [0.1, 0.15) is 149 Å². The van der Waals surface area contributed by atoms with Gasteiger partial charge < -0.3 is 160 Å². The minimum atomic E-state index is -1.29. The zero-order valence-corrected chi connectivity index (χ0v) is 72.8. The van der Waals surface area contributed by atoms with Gasteiger partial charge in [-0.2, -0.15) is 0 Å². The zero-order chi connectivity index (χ0) is 92.8. The number of primary amides is 1.